The molecule has 0 radical (unpaired) electrons. The van der Waals surface area contributed by atoms with Crippen molar-refractivity contribution in [1.29, 1.82) is 0 Å². The van der Waals surface area contributed by atoms with Crippen molar-refractivity contribution in [3.05, 3.63) is 65.2 Å². The Bertz CT molecular complexity index is 580. The maximum atomic E-state index is 13.4. The van der Waals surface area contributed by atoms with E-state index in [0.717, 1.165) is 18.2 Å². The van der Waals surface area contributed by atoms with E-state index in [1.54, 1.807) is 0 Å². The normalized spacial score (nSPS) is 13.2. The van der Waals surface area contributed by atoms with Gasteiger partial charge in [-0.2, -0.15) is 13.2 Å². The van der Waals surface area contributed by atoms with Gasteiger partial charge in [-0.3, -0.25) is 4.98 Å². The highest BCUT2D eigenvalue weighted by Crippen LogP contribution is 2.29. The Morgan fingerprint density at radius 3 is 2.30 bits per heavy atom. The summed E-state index contributed by atoms with van der Waals surface area (Å²) in [5.41, 5.74) is -0.414. The Hall–Kier alpha value is -1.95. The maximum absolute atomic E-state index is 13.4. The van der Waals surface area contributed by atoms with E-state index >= 15 is 0 Å². The maximum Gasteiger partial charge on any atom is 0.416 e. The average Bonchev–Trinajstić information content (AvgIpc) is 2.38. The molecule has 0 fully saturated rings. The minimum Gasteiger partial charge on any atom is -0.386 e. The molecule has 0 spiro atoms. The molecule has 1 aromatic heterocycles. The van der Waals surface area contributed by atoms with Crippen molar-refractivity contribution in [2.75, 3.05) is 0 Å². The quantitative estimate of drug-likeness (QED) is 0.875. The van der Waals surface area contributed by atoms with Gasteiger partial charge in [0.15, 0.2) is 0 Å². The van der Waals surface area contributed by atoms with Gasteiger partial charge in [-0.15, -0.1) is 0 Å². The van der Waals surface area contributed by atoms with Crippen molar-refractivity contribution in [1.82, 2.24) is 4.98 Å². The summed E-state index contributed by atoms with van der Waals surface area (Å²) in [7, 11) is 0. The minimum atomic E-state index is -4.40. The van der Waals surface area contributed by atoms with Crippen molar-refractivity contribution in [2.45, 2.75) is 18.7 Å². The van der Waals surface area contributed by atoms with Crippen LogP contribution in [0, 0.1) is 5.82 Å². The van der Waals surface area contributed by atoms with Crippen LogP contribution in [0.15, 0.2) is 42.6 Å². The van der Waals surface area contributed by atoms with Gasteiger partial charge in [0.2, 0.25) is 0 Å². The van der Waals surface area contributed by atoms with E-state index in [9.17, 15) is 22.7 Å². The molecule has 2 aromatic rings. The largest absolute Gasteiger partial charge is 0.416 e. The fraction of sp³-hybridized carbons (Fsp3) is 0.214. The number of aliphatic hydroxyl groups excluding tert-OH is 1. The van der Waals surface area contributed by atoms with E-state index in [4.69, 9.17) is 0 Å². The lowest BCUT2D eigenvalue weighted by Gasteiger charge is -2.12. The first-order chi connectivity index (χ1) is 9.38. The van der Waals surface area contributed by atoms with Gasteiger partial charge in [-0.25, -0.2) is 4.39 Å². The number of pyridine rings is 1. The lowest BCUT2D eigenvalue weighted by atomic mass is 10.0. The highest BCUT2D eigenvalue weighted by molar-refractivity contribution is 5.26. The zero-order valence-corrected chi connectivity index (χ0v) is 10.2. The molecule has 20 heavy (non-hydrogen) atoms. The summed E-state index contributed by atoms with van der Waals surface area (Å²) >= 11 is 0. The lowest BCUT2D eigenvalue weighted by molar-refractivity contribution is -0.137. The molecular formula is C14H11F4NO. The number of aromatic nitrogens is 1. The van der Waals surface area contributed by atoms with Crippen LogP contribution in [0.3, 0.4) is 0 Å². The molecule has 1 aromatic carbocycles. The zero-order valence-electron chi connectivity index (χ0n) is 10.2. The summed E-state index contributed by atoms with van der Waals surface area (Å²) in [4.78, 5) is 3.73. The molecule has 0 aliphatic carbocycles. The zero-order chi connectivity index (χ0) is 14.8. The van der Waals surface area contributed by atoms with Crippen LogP contribution in [0.2, 0.25) is 0 Å². The molecule has 1 unspecified atom stereocenters. The summed E-state index contributed by atoms with van der Waals surface area (Å²) < 4.78 is 50.6. The van der Waals surface area contributed by atoms with E-state index in [-0.39, 0.29) is 12.1 Å². The second kappa shape index (κ2) is 5.58. The molecule has 1 atom stereocenters. The predicted octanol–water partition coefficient (Wildman–Crippen LogP) is 3.52. The summed E-state index contributed by atoms with van der Waals surface area (Å²) in [6.45, 7) is 0. The smallest absolute Gasteiger partial charge is 0.386 e. The van der Waals surface area contributed by atoms with Crippen molar-refractivity contribution >= 4 is 0 Å². The van der Waals surface area contributed by atoms with Crippen molar-refractivity contribution in [3.8, 4) is 0 Å². The van der Waals surface area contributed by atoms with Gasteiger partial charge in [0.25, 0.3) is 0 Å². The lowest BCUT2D eigenvalue weighted by Crippen LogP contribution is -2.08. The van der Waals surface area contributed by atoms with Gasteiger partial charge < -0.3 is 5.11 Å². The summed E-state index contributed by atoms with van der Waals surface area (Å²) in [5, 5.41) is 9.86. The molecule has 1 N–H and O–H groups in total. The molecule has 0 amide bonds. The number of halogens is 4. The monoisotopic (exact) mass is 285 g/mol. The Morgan fingerprint density at radius 2 is 1.75 bits per heavy atom. The molecule has 2 rings (SSSR count). The Kier molecular flexibility index (Phi) is 4.04. The van der Waals surface area contributed by atoms with Gasteiger partial charge in [-0.05, 0) is 29.8 Å². The van der Waals surface area contributed by atoms with Crippen molar-refractivity contribution in [2.24, 2.45) is 0 Å². The van der Waals surface area contributed by atoms with Crippen LogP contribution in [-0.2, 0) is 12.6 Å². The molecule has 2 nitrogen and oxygen atoms in total. The standard InChI is InChI=1S/C14H11F4NO/c15-11-2-1-7-19-13(11)12(20)8-9-3-5-10(6-4-9)14(16,17)18/h1-7,12,20H,8H2. The molecule has 6 heteroatoms. The van der Waals surface area contributed by atoms with Crippen LogP contribution in [0.5, 0.6) is 0 Å². The molecule has 106 valence electrons. The van der Waals surface area contributed by atoms with Gasteiger partial charge in [0.05, 0.1) is 5.56 Å². The van der Waals surface area contributed by atoms with E-state index < -0.39 is 23.7 Å². The van der Waals surface area contributed by atoms with Crippen LogP contribution in [0.25, 0.3) is 0 Å². The fourth-order valence-electron chi connectivity index (χ4n) is 1.79. The molecule has 0 aliphatic rings. The highest BCUT2D eigenvalue weighted by atomic mass is 19.4. The van der Waals surface area contributed by atoms with Crippen LogP contribution in [-0.4, -0.2) is 10.1 Å². The Labute approximate surface area is 112 Å². The van der Waals surface area contributed by atoms with E-state index in [1.165, 1.54) is 24.4 Å². The van der Waals surface area contributed by atoms with Crippen LogP contribution < -0.4 is 0 Å². The number of rotatable bonds is 3. The van der Waals surface area contributed by atoms with Crippen LogP contribution in [0.4, 0.5) is 17.6 Å². The SMILES string of the molecule is OC(Cc1ccc(C(F)(F)F)cc1)c1ncccc1F. The predicted molar refractivity (Wildman–Crippen MR) is 64.3 cm³/mol. The van der Waals surface area contributed by atoms with E-state index in [2.05, 4.69) is 4.98 Å². The third-order valence-corrected chi connectivity index (χ3v) is 2.81. The van der Waals surface area contributed by atoms with E-state index in [1.807, 2.05) is 0 Å². The minimum absolute atomic E-state index is 0.00787. The first kappa shape index (κ1) is 14.5. The number of benzene rings is 1. The first-order valence-corrected chi connectivity index (χ1v) is 5.82. The topological polar surface area (TPSA) is 33.1 Å². The van der Waals surface area contributed by atoms with Crippen LogP contribution >= 0.6 is 0 Å². The molecule has 0 bridgehead atoms. The van der Waals surface area contributed by atoms with Gasteiger partial charge in [0, 0.05) is 12.6 Å². The summed E-state index contributed by atoms with van der Waals surface area (Å²) in [5.74, 6) is -0.646. The second-order valence-electron chi connectivity index (χ2n) is 4.29. The molecule has 0 aliphatic heterocycles. The number of aliphatic hydroxyl groups is 1. The Morgan fingerprint density at radius 1 is 1.10 bits per heavy atom. The molecule has 0 saturated carbocycles. The fourth-order valence-corrected chi connectivity index (χ4v) is 1.79. The molecule has 1 heterocycles. The first-order valence-electron chi connectivity index (χ1n) is 5.82. The third kappa shape index (κ3) is 3.33. The van der Waals surface area contributed by atoms with Crippen molar-refractivity contribution in [3.63, 3.8) is 0 Å². The molecular weight excluding hydrogens is 274 g/mol. The second-order valence-corrected chi connectivity index (χ2v) is 4.29. The summed E-state index contributed by atoms with van der Waals surface area (Å²) in [6.07, 6.45) is -4.27. The Balaban J connectivity index is 2.13. The van der Waals surface area contributed by atoms with Gasteiger partial charge in [-0.1, -0.05) is 12.1 Å². The number of alkyl halides is 3. The third-order valence-electron chi connectivity index (χ3n) is 2.81. The van der Waals surface area contributed by atoms with Gasteiger partial charge in [0.1, 0.15) is 17.6 Å². The van der Waals surface area contributed by atoms with Gasteiger partial charge >= 0.3 is 6.18 Å². The van der Waals surface area contributed by atoms with Crippen molar-refractivity contribution < 1.29 is 22.7 Å². The van der Waals surface area contributed by atoms with E-state index in [0.29, 0.717) is 5.56 Å². The van der Waals surface area contributed by atoms with Crippen LogP contribution in [0.1, 0.15) is 22.9 Å². The highest BCUT2D eigenvalue weighted by Gasteiger charge is 2.30. The number of hydrogen-bond acceptors (Lipinski definition) is 2. The average molecular weight is 285 g/mol. The number of hydrogen-bond donors (Lipinski definition) is 1. The molecule has 0 saturated heterocycles. The summed E-state index contributed by atoms with van der Waals surface area (Å²) in [6, 6.07) is 6.93. The number of nitrogens with zero attached hydrogens (tertiary/aromatic N) is 1.